The average molecular weight is 599 g/mol. The lowest BCUT2D eigenvalue weighted by atomic mass is 9.95. The van der Waals surface area contributed by atoms with Gasteiger partial charge in [0.1, 0.15) is 0 Å². The van der Waals surface area contributed by atoms with E-state index in [0.29, 0.717) is 11.1 Å². The molecular formula is C41H26O5. The van der Waals surface area contributed by atoms with Crippen LogP contribution in [0, 0.1) is 0 Å². The molecule has 220 valence electrons. The van der Waals surface area contributed by atoms with E-state index in [1.807, 2.05) is 60.7 Å². The van der Waals surface area contributed by atoms with Crippen LogP contribution in [0.1, 0.15) is 57.4 Å². The molecule has 0 radical (unpaired) electrons. The van der Waals surface area contributed by atoms with Gasteiger partial charge >= 0.3 is 0 Å². The molecule has 0 heterocycles. The molecule has 5 nitrogen and oxygen atoms in total. The molecule has 0 saturated heterocycles. The van der Waals surface area contributed by atoms with Gasteiger partial charge in [-0.1, -0.05) is 158 Å². The van der Waals surface area contributed by atoms with Crippen LogP contribution in [-0.4, -0.2) is 28.9 Å². The third-order valence-corrected chi connectivity index (χ3v) is 7.74. The van der Waals surface area contributed by atoms with E-state index in [1.165, 1.54) is 48.5 Å². The van der Waals surface area contributed by atoms with E-state index >= 15 is 0 Å². The van der Waals surface area contributed by atoms with E-state index in [0.717, 1.165) is 22.3 Å². The van der Waals surface area contributed by atoms with Crippen molar-refractivity contribution in [1.82, 2.24) is 0 Å². The van der Waals surface area contributed by atoms with Crippen molar-refractivity contribution >= 4 is 28.9 Å². The summed E-state index contributed by atoms with van der Waals surface area (Å²) in [5.74, 6) is -2.95. The number of carbonyl (C=O) groups excluding carboxylic acids is 5. The number of ketones is 5. The van der Waals surface area contributed by atoms with E-state index in [2.05, 4.69) is 0 Å². The molecular weight excluding hydrogens is 572 g/mol. The van der Waals surface area contributed by atoms with Gasteiger partial charge < -0.3 is 0 Å². The van der Waals surface area contributed by atoms with Crippen molar-refractivity contribution < 1.29 is 24.0 Å². The fraction of sp³-hybridized carbons (Fsp3) is 0. The second kappa shape index (κ2) is 13.1. The first kappa shape index (κ1) is 29.7. The van der Waals surface area contributed by atoms with Crippen molar-refractivity contribution in [1.29, 1.82) is 0 Å². The minimum atomic E-state index is -0.673. The zero-order valence-electron chi connectivity index (χ0n) is 24.6. The third-order valence-electron chi connectivity index (χ3n) is 7.74. The van der Waals surface area contributed by atoms with Gasteiger partial charge in [-0.15, -0.1) is 0 Å². The molecule has 0 N–H and O–H groups in total. The average Bonchev–Trinajstić information content (AvgIpc) is 3.14. The number of benzene rings is 6. The minimum absolute atomic E-state index is 0.171. The largest absolute Gasteiger partial charge is 0.289 e. The highest BCUT2D eigenvalue weighted by Gasteiger charge is 2.21. The molecule has 0 unspecified atom stereocenters. The van der Waals surface area contributed by atoms with Gasteiger partial charge in [0.15, 0.2) is 5.78 Å². The van der Waals surface area contributed by atoms with Crippen molar-refractivity contribution in [2.45, 2.75) is 0 Å². The summed E-state index contributed by atoms with van der Waals surface area (Å²) in [6, 6.07) is 44.9. The lowest BCUT2D eigenvalue weighted by Crippen LogP contribution is -2.15. The van der Waals surface area contributed by atoms with Crippen molar-refractivity contribution in [3.8, 4) is 22.3 Å². The van der Waals surface area contributed by atoms with Gasteiger partial charge in [-0.25, -0.2) is 0 Å². The van der Waals surface area contributed by atoms with Gasteiger partial charge in [-0.3, -0.25) is 24.0 Å². The number of rotatable bonds is 10. The molecule has 0 aliphatic heterocycles. The first-order valence-electron chi connectivity index (χ1n) is 14.6. The van der Waals surface area contributed by atoms with Crippen molar-refractivity contribution in [2.24, 2.45) is 0 Å². The van der Waals surface area contributed by atoms with E-state index in [1.54, 1.807) is 48.5 Å². The van der Waals surface area contributed by atoms with Crippen LogP contribution in [0.2, 0.25) is 0 Å². The maximum Gasteiger partial charge on any atom is 0.233 e. The first-order chi connectivity index (χ1) is 22.4. The van der Waals surface area contributed by atoms with Crippen LogP contribution >= 0.6 is 0 Å². The number of Topliss-reactive ketones (excluding diaryl/α,β-unsaturated/α-hetero) is 4. The highest BCUT2D eigenvalue weighted by atomic mass is 16.2. The molecule has 6 aromatic carbocycles. The molecule has 0 amide bonds. The minimum Gasteiger partial charge on any atom is -0.289 e. The van der Waals surface area contributed by atoms with Crippen molar-refractivity contribution in [3.63, 3.8) is 0 Å². The Morgan fingerprint density at radius 1 is 0.239 bits per heavy atom. The maximum atomic E-state index is 13.1. The lowest BCUT2D eigenvalue weighted by Gasteiger charge is -2.06. The molecule has 0 fully saturated rings. The van der Waals surface area contributed by atoms with Gasteiger partial charge in [0, 0.05) is 33.4 Å². The summed E-state index contributed by atoms with van der Waals surface area (Å²) in [5, 5.41) is 0. The molecule has 0 saturated carbocycles. The highest BCUT2D eigenvalue weighted by molar-refractivity contribution is 6.49. The van der Waals surface area contributed by atoms with Crippen LogP contribution in [0.15, 0.2) is 158 Å². The van der Waals surface area contributed by atoms with E-state index in [4.69, 9.17) is 0 Å². The molecule has 46 heavy (non-hydrogen) atoms. The molecule has 0 bridgehead atoms. The Labute approximate surface area is 265 Å². The number of hydrogen-bond acceptors (Lipinski definition) is 5. The molecule has 0 spiro atoms. The molecule has 5 heteroatoms. The fourth-order valence-corrected chi connectivity index (χ4v) is 5.13. The van der Waals surface area contributed by atoms with Crippen LogP contribution in [-0.2, 0) is 0 Å². The molecule has 0 aromatic heterocycles. The Bertz CT molecular complexity index is 1910. The number of hydrogen-bond donors (Lipinski definition) is 0. The Kier molecular flexibility index (Phi) is 8.48. The lowest BCUT2D eigenvalue weighted by molar-refractivity contribution is 0.0817. The van der Waals surface area contributed by atoms with Crippen LogP contribution in [0.3, 0.4) is 0 Å². The normalized spacial score (nSPS) is 10.6. The summed E-state index contributed by atoms with van der Waals surface area (Å²) >= 11 is 0. The second-order valence-electron chi connectivity index (χ2n) is 10.7. The SMILES string of the molecule is O=C(C(=O)c1ccc(-c2ccccc2)cc1)c1ccc(C(=O)c2ccc(C(=O)C(=O)c3ccc(-c4ccccc4)cc3)cc2)cc1. The molecule has 6 aromatic rings. The van der Waals surface area contributed by atoms with Crippen molar-refractivity contribution in [3.05, 3.63) is 191 Å². The summed E-state index contributed by atoms with van der Waals surface area (Å²) in [4.78, 5) is 64.6. The van der Waals surface area contributed by atoms with Crippen LogP contribution < -0.4 is 0 Å². The summed E-state index contributed by atoms with van der Waals surface area (Å²) in [5.41, 5.74) is 5.41. The summed E-state index contributed by atoms with van der Waals surface area (Å²) in [7, 11) is 0. The van der Waals surface area contributed by atoms with E-state index < -0.39 is 23.1 Å². The molecule has 0 aliphatic carbocycles. The smallest absolute Gasteiger partial charge is 0.233 e. The van der Waals surface area contributed by atoms with Gasteiger partial charge in [0.2, 0.25) is 23.1 Å². The maximum absolute atomic E-state index is 13.1. The van der Waals surface area contributed by atoms with Crippen LogP contribution in [0.5, 0.6) is 0 Å². The van der Waals surface area contributed by atoms with E-state index in [9.17, 15) is 24.0 Å². The summed E-state index contributed by atoms with van der Waals surface area (Å²) < 4.78 is 0. The standard InChI is InChI=1S/C41H26O5/c42-37(31-19-23-35(24-20-31)40(45)38(43)33-15-11-29(12-16-33)27-7-3-1-4-8-27)32-21-25-36(26-22-32)41(46)39(44)34-17-13-30(14-18-34)28-9-5-2-6-10-28/h1-26H. The van der Waals surface area contributed by atoms with E-state index in [-0.39, 0.29) is 28.0 Å². The monoisotopic (exact) mass is 598 g/mol. The third kappa shape index (κ3) is 6.30. The summed E-state index contributed by atoms with van der Waals surface area (Å²) in [6.07, 6.45) is 0. The highest BCUT2D eigenvalue weighted by Crippen LogP contribution is 2.22. The zero-order valence-corrected chi connectivity index (χ0v) is 24.6. The van der Waals surface area contributed by atoms with Crippen LogP contribution in [0.25, 0.3) is 22.3 Å². The molecule has 6 rings (SSSR count). The Morgan fingerprint density at radius 3 is 0.739 bits per heavy atom. The van der Waals surface area contributed by atoms with Gasteiger partial charge in [-0.2, -0.15) is 0 Å². The predicted molar refractivity (Wildman–Crippen MR) is 177 cm³/mol. The summed E-state index contributed by atoms with van der Waals surface area (Å²) in [6.45, 7) is 0. The molecule has 0 aliphatic rings. The second-order valence-corrected chi connectivity index (χ2v) is 10.7. The Balaban J connectivity index is 1.09. The van der Waals surface area contributed by atoms with Gasteiger partial charge in [0.05, 0.1) is 0 Å². The van der Waals surface area contributed by atoms with Gasteiger partial charge in [-0.05, 0) is 22.3 Å². The Morgan fingerprint density at radius 2 is 0.457 bits per heavy atom. The van der Waals surface area contributed by atoms with Gasteiger partial charge in [0.25, 0.3) is 0 Å². The van der Waals surface area contributed by atoms with Crippen LogP contribution in [0.4, 0.5) is 0 Å². The zero-order chi connectivity index (χ0) is 32.0. The number of carbonyl (C=O) groups is 5. The Hall–Kier alpha value is -6.33. The topological polar surface area (TPSA) is 85.3 Å². The van der Waals surface area contributed by atoms with Crippen molar-refractivity contribution in [2.75, 3.05) is 0 Å². The molecule has 0 atom stereocenters. The first-order valence-corrected chi connectivity index (χ1v) is 14.6. The quantitative estimate of drug-likeness (QED) is 0.117. The predicted octanol–water partition coefficient (Wildman–Crippen LogP) is 8.38. The fourth-order valence-electron chi connectivity index (χ4n) is 5.13.